The van der Waals surface area contributed by atoms with Gasteiger partial charge >= 0.3 is 5.97 Å². The number of carbonyl (C=O) groups is 3. The maximum absolute atomic E-state index is 12.9. The Morgan fingerprint density at radius 1 is 1.00 bits per heavy atom. The van der Waals surface area contributed by atoms with E-state index in [-0.39, 0.29) is 0 Å². The first-order valence-corrected chi connectivity index (χ1v) is 9.18. The zero-order chi connectivity index (χ0) is 22.1. The van der Waals surface area contributed by atoms with Gasteiger partial charge in [0.15, 0.2) is 6.10 Å². The van der Waals surface area contributed by atoms with Crippen molar-refractivity contribution in [2.75, 3.05) is 12.4 Å². The van der Waals surface area contributed by atoms with Gasteiger partial charge in [-0.3, -0.25) is 9.59 Å². The van der Waals surface area contributed by atoms with E-state index in [1.54, 1.807) is 37.5 Å². The van der Waals surface area contributed by atoms with Gasteiger partial charge < -0.3 is 20.1 Å². The normalized spacial score (nSPS) is 12.7. The van der Waals surface area contributed by atoms with Crippen LogP contribution in [0.4, 0.5) is 10.1 Å². The van der Waals surface area contributed by atoms with Crippen LogP contribution in [0.3, 0.4) is 0 Å². The highest BCUT2D eigenvalue weighted by Crippen LogP contribution is 2.12. The van der Waals surface area contributed by atoms with E-state index in [2.05, 4.69) is 10.6 Å². The molecule has 0 heterocycles. The van der Waals surface area contributed by atoms with Gasteiger partial charge in [0.1, 0.15) is 17.6 Å². The molecule has 0 spiro atoms. The van der Waals surface area contributed by atoms with Gasteiger partial charge in [-0.1, -0.05) is 12.1 Å². The fourth-order valence-corrected chi connectivity index (χ4v) is 2.31. The number of anilines is 1. The summed E-state index contributed by atoms with van der Waals surface area (Å²) < 4.78 is 23.0. The Bertz CT molecular complexity index is 910. The van der Waals surface area contributed by atoms with E-state index in [0.717, 1.165) is 5.56 Å². The Balaban J connectivity index is 1.82. The summed E-state index contributed by atoms with van der Waals surface area (Å²) in [6.45, 7) is 2.85. The van der Waals surface area contributed by atoms with Crippen LogP contribution in [0.15, 0.2) is 54.6 Å². The van der Waals surface area contributed by atoms with Crippen molar-refractivity contribution < 1.29 is 28.2 Å². The average molecular weight is 414 g/mol. The lowest BCUT2D eigenvalue weighted by Crippen LogP contribution is -2.41. The van der Waals surface area contributed by atoms with Crippen molar-refractivity contribution >= 4 is 29.5 Å². The predicted molar refractivity (Wildman–Crippen MR) is 110 cm³/mol. The first-order chi connectivity index (χ1) is 14.3. The van der Waals surface area contributed by atoms with E-state index in [0.29, 0.717) is 11.4 Å². The van der Waals surface area contributed by atoms with Crippen molar-refractivity contribution in [2.45, 2.75) is 26.0 Å². The lowest BCUT2D eigenvalue weighted by atomic mass is 10.2. The molecular weight excluding hydrogens is 391 g/mol. The van der Waals surface area contributed by atoms with Crippen molar-refractivity contribution in [3.8, 4) is 5.75 Å². The van der Waals surface area contributed by atoms with Crippen molar-refractivity contribution in [1.29, 1.82) is 0 Å². The lowest BCUT2D eigenvalue weighted by Gasteiger charge is -2.17. The maximum atomic E-state index is 12.9. The van der Waals surface area contributed by atoms with Crippen LogP contribution < -0.4 is 15.4 Å². The summed E-state index contributed by atoms with van der Waals surface area (Å²) in [5.74, 6) is -1.56. The molecule has 2 N–H and O–H groups in total. The minimum absolute atomic E-state index is 0.370. The third-order valence-corrected chi connectivity index (χ3v) is 4.03. The van der Waals surface area contributed by atoms with E-state index in [9.17, 15) is 18.8 Å². The van der Waals surface area contributed by atoms with Crippen LogP contribution in [0.2, 0.25) is 0 Å². The number of carbonyl (C=O) groups excluding carboxylic acids is 3. The molecule has 7 nitrogen and oxygen atoms in total. The highest BCUT2D eigenvalue weighted by molar-refractivity contribution is 5.97. The van der Waals surface area contributed by atoms with Crippen LogP contribution in [0.25, 0.3) is 6.08 Å². The zero-order valence-corrected chi connectivity index (χ0v) is 16.8. The summed E-state index contributed by atoms with van der Waals surface area (Å²) in [6.07, 6.45) is 1.78. The van der Waals surface area contributed by atoms with Gasteiger partial charge in [0.2, 0.25) is 5.91 Å². The molecule has 2 atom stereocenters. The Hall–Kier alpha value is -3.68. The Kier molecular flexibility index (Phi) is 8.10. The van der Waals surface area contributed by atoms with Gasteiger partial charge in [-0.15, -0.1) is 0 Å². The number of hydrogen-bond acceptors (Lipinski definition) is 5. The SMILES string of the molecule is COc1ccc(/C=C/C(=O)N[C@@H](C)C(=O)O[C@H](C)C(=O)Nc2ccc(F)cc2)cc1. The summed E-state index contributed by atoms with van der Waals surface area (Å²) in [4.78, 5) is 36.2. The molecule has 0 aromatic heterocycles. The smallest absolute Gasteiger partial charge is 0.329 e. The molecular formula is C22H23FN2O5. The Labute approximate surface area is 173 Å². The van der Waals surface area contributed by atoms with Crippen molar-refractivity contribution in [2.24, 2.45) is 0 Å². The largest absolute Gasteiger partial charge is 0.497 e. The molecule has 30 heavy (non-hydrogen) atoms. The molecule has 8 heteroatoms. The summed E-state index contributed by atoms with van der Waals surface area (Å²) in [7, 11) is 1.56. The molecule has 0 aliphatic heterocycles. The fourth-order valence-electron chi connectivity index (χ4n) is 2.31. The minimum Gasteiger partial charge on any atom is -0.497 e. The maximum Gasteiger partial charge on any atom is 0.329 e. The minimum atomic E-state index is -1.10. The fraction of sp³-hybridized carbons (Fsp3) is 0.227. The van der Waals surface area contributed by atoms with Gasteiger partial charge in [-0.05, 0) is 61.9 Å². The van der Waals surface area contributed by atoms with Gasteiger partial charge in [0.25, 0.3) is 5.91 Å². The first kappa shape index (κ1) is 22.6. The van der Waals surface area contributed by atoms with Crippen LogP contribution in [0.5, 0.6) is 5.75 Å². The van der Waals surface area contributed by atoms with Crippen LogP contribution in [0, 0.1) is 5.82 Å². The zero-order valence-electron chi connectivity index (χ0n) is 16.8. The molecule has 0 saturated carbocycles. The molecule has 0 radical (unpaired) electrons. The molecule has 2 aromatic carbocycles. The van der Waals surface area contributed by atoms with Crippen LogP contribution in [-0.4, -0.2) is 37.0 Å². The number of rotatable bonds is 8. The molecule has 0 saturated heterocycles. The molecule has 0 aliphatic carbocycles. The van der Waals surface area contributed by atoms with E-state index in [1.807, 2.05) is 0 Å². The predicted octanol–water partition coefficient (Wildman–Crippen LogP) is 2.92. The molecule has 2 rings (SSSR count). The molecule has 2 amide bonds. The highest BCUT2D eigenvalue weighted by atomic mass is 19.1. The number of esters is 1. The van der Waals surface area contributed by atoms with E-state index in [1.165, 1.54) is 44.2 Å². The topological polar surface area (TPSA) is 93.7 Å². The van der Waals surface area contributed by atoms with Gasteiger partial charge in [0.05, 0.1) is 7.11 Å². The third-order valence-electron chi connectivity index (χ3n) is 4.03. The number of nitrogens with one attached hydrogen (secondary N) is 2. The van der Waals surface area contributed by atoms with E-state index in [4.69, 9.17) is 9.47 Å². The number of ether oxygens (including phenoxy) is 2. The monoisotopic (exact) mass is 414 g/mol. The van der Waals surface area contributed by atoms with Gasteiger partial charge in [0, 0.05) is 11.8 Å². The Morgan fingerprint density at radius 2 is 1.63 bits per heavy atom. The summed E-state index contributed by atoms with van der Waals surface area (Å²) in [5, 5.41) is 4.98. The third kappa shape index (κ3) is 7.05. The number of amides is 2. The second-order valence-corrected chi connectivity index (χ2v) is 6.41. The summed E-state index contributed by atoms with van der Waals surface area (Å²) in [5.41, 5.74) is 1.15. The standard InChI is InChI=1S/C22H23FN2O5/c1-14(24-20(26)13-6-16-4-11-19(29-3)12-5-16)22(28)30-15(2)21(27)25-18-9-7-17(23)8-10-18/h4-15H,1-3H3,(H,24,26)(H,25,27)/b13-6+/t14-,15+/m0/s1. The second kappa shape index (κ2) is 10.8. The molecule has 0 aliphatic rings. The van der Waals surface area contributed by atoms with Crippen molar-refractivity contribution in [3.05, 3.63) is 66.0 Å². The summed E-state index contributed by atoms with van der Waals surface area (Å²) in [6, 6.07) is 11.3. The first-order valence-electron chi connectivity index (χ1n) is 9.18. The Morgan fingerprint density at radius 3 is 2.23 bits per heavy atom. The number of benzene rings is 2. The van der Waals surface area contributed by atoms with Gasteiger partial charge in [-0.25, -0.2) is 9.18 Å². The second-order valence-electron chi connectivity index (χ2n) is 6.41. The molecule has 0 bridgehead atoms. The molecule has 0 unspecified atom stereocenters. The highest BCUT2D eigenvalue weighted by Gasteiger charge is 2.22. The number of halogens is 1. The lowest BCUT2D eigenvalue weighted by molar-refractivity contribution is -0.155. The van der Waals surface area contributed by atoms with E-state index >= 15 is 0 Å². The van der Waals surface area contributed by atoms with Crippen LogP contribution in [0.1, 0.15) is 19.4 Å². The van der Waals surface area contributed by atoms with Crippen molar-refractivity contribution in [1.82, 2.24) is 5.32 Å². The van der Waals surface area contributed by atoms with Crippen LogP contribution in [-0.2, 0) is 19.1 Å². The molecule has 158 valence electrons. The average Bonchev–Trinajstić information content (AvgIpc) is 2.74. The number of methoxy groups -OCH3 is 1. The molecule has 0 fully saturated rings. The van der Waals surface area contributed by atoms with Crippen LogP contribution >= 0.6 is 0 Å². The number of hydrogen-bond donors (Lipinski definition) is 2. The summed E-state index contributed by atoms with van der Waals surface area (Å²) >= 11 is 0. The molecule has 2 aromatic rings. The quantitative estimate of drug-likeness (QED) is 0.512. The van der Waals surface area contributed by atoms with E-state index < -0.39 is 35.7 Å². The van der Waals surface area contributed by atoms with Gasteiger partial charge in [-0.2, -0.15) is 0 Å². The van der Waals surface area contributed by atoms with Crippen molar-refractivity contribution in [3.63, 3.8) is 0 Å².